The minimum Gasteiger partial charge on any atom is -0.380 e. The molecule has 0 aliphatic heterocycles. The minimum atomic E-state index is -0.320. The fraction of sp³-hybridized carbons (Fsp3) is 0.538. The second-order valence-electron chi connectivity index (χ2n) is 4.82. The standard InChI is InChI=1S/C13H16BrClFN/c1-8(5-9-3-2-4-9)17-13-11(14)6-10(16)7-12(13)15/h6-9,17H,2-5H2,1H3. The zero-order chi connectivity index (χ0) is 12.4. The van der Waals surface area contributed by atoms with Crippen LogP contribution in [-0.2, 0) is 0 Å². The van der Waals surface area contributed by atoms with Crippen molar-refractivity contribution in [2.75, 3.05) is 5.32 Å². The average molecular weight is 321 g/mol. The number of nitrogens with one attached hydrogen (secondary N) is 1. The maximum atomic E-state index is 13.1. The minimum absolute atomic E-state index is 0.320. The molecular weight excluding hydrogens is 305 g/mol. The molecule has 0 heterocycles. The van der Waals surface area contributed by atoms with E-state index in [1.165, 1.54) is 31.4 Å². The van der Waals surface area contributed by atoms with Gasteiger partial charge in [-0.3, -0.25) is 0 Å². The zero-order valence-corrected chi connectivity index (χ0v) is 12.1. The molecule has 1 aromatic rings. The molecule has 0 aromatic heterocycles. The number of anilines is 1. The Balaban J connectivity index is 2.01. The first-order valence-corrected chi connectivity index (χ1v) is 7.14. The molecule has 0 radical (unpaired) electrons. The van der Waals surface area contributed by atoms with Crippen LogP contribution in [0.5, 0.6) is 0 Å². The van der Waals surface area contributed by atoms with Crippen LogP contribution in [-0.4, -0.2) is 6.04 Å². The van der Waals surface area contributed by atoms with Gasteiger partial charge in [0, 0.05) is 10.5 Å². The summed E-state index contributed by atoms with van der Waals surface area (Å²) in [6, 6.07) is 3.13. The van der Waals surface area contributed by atoms with Gasteiger partial charge in [0.25, 0.3) is 0 Å². The summed E-state index contributed by atoms with van der Waals surface area (Å²) in [7, 11) is 0. The van der Waals surface area contributed by atoms with E-state index in [0.717, 1.165) is 18.0 Å². The molecule has 1 aromatic carbocycles. The second-order valence-corrected chi connectivity index (χ2v) is 6.08. The summed E-state index contributed by atoms with van der Waals surface area (Å²) in [6.07, 6.45) is 5.19. The van der Waals surface area contributed by atoms with Crippen LogP contribution >= 0.6 is 27.5 Å². The van der Waals surface area contributed by atoms with Crippen molar-refractivity contribution in [1.29, 1.82) is 0 Å². The van der Waals surface area contributed by atoms with Crippen molar-refractivity contribution in [3.63, 3.8) is 0 Å². The topological polar surface area (TPSA) is 12.0 Å². The predicted octanol–water partition coefficient (Wildman–Crippen LogP) is 5.23. The van der Waals surface area contributed by atoms with Gasteiger partial charge in [0.05, 0.1) is 10.7 Å². The van der Waals surface area contributed by atoms with Crippen molar-refractivity contribution in [1.82, 2.24) is 0 Å². The Hall–Kier alpha value is -0.280. The largest absolute Gasteiger partial charge is 0.380 e. The first-order chi connectivity index (χ1) is 8.06. The Kier molecular flexibility index (Phi) is 4.31. The third-order valence-corrected chi connectivity index (χ3v) is 4.23. The quantitative estimate of drug-likeness (QED) is 0.800. The summed E-state index contributed by atoms with van der Waals surface area (Å²) in [5.41, 5.74) is 0.792. The molecule has 0 bridgehead atoms. The molecule has 0 amide bonds. The molecule has 1 aliphatic carbocycles. The van der Waals surface area contributed by atoms with Gasteiger partial charge in [0.15, 0.2) is 0 Å². The summed E-state index contributed by atoms with van der Waals surface area (Å²) >= 11 is 9.37. The van der Waals surface area contributed by atoms with Crippen LogP contribution < -0.4 is 5.32 Å². The van der Waals surface area contributed by atoms with E-state index in [1.807, 2.05) is 0 Å². The van der Waals surface area contributed by atoms with Crippen LogP contribution in [0.1, 0.15) is 32.6 Å². The van der Waals surface area contributed by atoms with E-state index in [4.69, 9.17) is 11.6 Å². The van der Waals surface area contributed by atoms with Gasteiger partial charge in [-0.1, -0.05) is 30.9 Å². The van der Waals surface area contributed by atoms with Gasteiger partial charge in [-0.15, -0.1) is 0 Å². The molecule has 4 heteroatoms. The zero-order valence-electron chi connectivity index (χ0n) is 9.77. The Morgan fingerprint density at radius 1 is 1.53 bits per heavy atom. The van der Waals surface area contributed by atoms with Gasteiger partial charge in [-0.25, -0.2) is 4.39 Å². The number of hydrogen-bond acceptors (Lipinski definition) is 1. The van der Waals surface area contributed by atoms with Crippen LogP contribution in [0.4, 0.5) is 10.1 Å². The molecule has 1 aliphatic rings. The Morgan fingerprint density at radius 3 is 2.76 bits per heavy atom. The molecular formula is C13H16BrClFN. The fourth-order valence-electron chi connectivity index (χ4n) is 2.21. The number of halogens is 3. The van der Waals surface area contributed by atoms with Gasteiger partial charge >= 0.3 is 0 Å². The smallest absolute Gasteiger partial charge is 0.125 e. The van der Waals surface area contributed by atoms with Crippen LogP contribution in [0.2, 0.25) is 5.02 Å². The lowest BCUT2D eigenvalue weighted by molar-refractivity contribution is 0.286. The third kappa shape index (κ3) is 3.35. The first kappa shape index (κ1) is 13.2. The maximum Gasteiger partial charge on any atom is 0.125 e. The predicted molar refractivity (Wildman–Crippen MR) is 74.2 cm³/mol. The van der Waals surface area contributed by atoms with Crippen molar-refractivity contribution in [2.45, 2.75) is 38.6 Å². The highest BCUT2D eigenvalue weighted by molar-refractivity contribution is 9.10. The third-order valence-electron chi connectivity index (χ3n) is 3.31. The van der Waals surface area contributed by atoms with Gasteiger partial charge in [-0.2, -0.15) is 0 Å². The van der Waals surface area contributed by atoms with Crippen molar-refractivity contribution >= 4 is 33.2 Å². The van der Waals surface area contributed by atoms with E-state index in [1.54, 1.807) is 0 Å². The molecule has 0 saturated heterocycles. The highest BCUT2D eigenvalue weighted by Gasteiger charge is 2.20. The maximum absolute atomic E-state index is 13.1. The van der Waals surface area contributed by atoms with Crippen LogP contribution in [0.15, 0.2) is 16.6 Å². The molecule has 1 saturated carbocycles. The lowest BCUT2D eigenvalue weighted by atomic mass is 9.81. The summed E-state index contributed by atoms with van der Waals surface area (Å²) < 4.78 is 13.8. The fourth-order valence-corrected chi connectivity index (χ4v) is 3.14. The van der Waals surface area contributed by atoms with Crippen molar-refractivity contribution in [3.8, 4) is 0 Å². The molecule has 2 rings (SSSR count). The normalized spacial score (nSPS) is 17.6. The average Bonchev–Trinajstić information content (AvgIpc) is 2.17. The monoisotopic (exact) mass is 319 g/mol. The lowest BCUT2D eigenvalue weighted by Crippen LogP contribution is -2.23. The number of benzene rings is 1. The molecule has 1 unspecified atom stereocenters. The molecule has 17 heavy (non-hydrogen) atoms. The molecule has 1 nitrogen and oxygen atoms in total. The lowest BCUT2D eigenvalue weighted by Gasteiger charge is -2.29. The molecule has 1 N–H and O–H groups in total. The Labute approximate surface area is 115 Å². The highest BCUT2D eigenvalue weighted by Crippen LogP contribution is 2.35. The van der Waals surface area contributed by atoms with E-state index < -0.39 is 0 Å². The van der Waals surface area contributed by atoms with E-state index >= 15 is 0 Å². The molecule has 0 spiro atoms. The summed E-state index contributed by atoms with van der Waals surface area (Å²) in [5, 5.41) is 3.79. The van der Waals surface area contributed by atoms with E-state index in [9.17, 15) is 4.39 Å². The second kappa shape index (κ2) is 5.57. The number of hydrogen-bond donors (Lipinski definition) is 1. The summed E-state index contributed by atoms with van der Waals surface area (Å²) in [6.45, 7) is 2.14. The Morgan fingerprint density at radius 2 is 2.24 bits per heavy atom. The van der Waals surface area contributed by atoms with Crippen molar-refractivity contribution in [2.24, 2.45) is 5.92 Å². The van der Waals surface area contributed by atoms with Crippen LogP contribution in [0, 0.1) is 11.7 Å². The van der Waals surface area contributed by atoms with E-state index in [0.29, 0.717) is 15.5 Å². The Bertz CT molecular complexity index is 383. The first-order valence-electron chi connectivity index (χ1n) is 5.97. The van der Waals surface area contributed by atoms with E-state index in [-0.39, 0.29) is 5.82 Å². The SMILES string of the molecule is CC(CC1CCC1)Nc1c(Cl)cc(F)cc1Br. The molecule has 94 valence electrons. The van der Waals surface area contributed by atoms with E-state index in [2.05, 4.69) is 28.2 Å². The summed E-state index contributed by atoms with van der Waals surface area (Å²) in [4.78, 5) is 0. The van der Waals surface area contributed by atoms with Crippen molar-refractivity contribution < 1.29 is 4.39 Å². The highest BCUT2D eigenvalue weighted by atomic mass is 79.9. The van der Waals surface area contributed by atoms with Crippen molar-refractivity contribution in [3.05, 3.63) is 27.4 Å². The molecule has 1 atom stereocenters. The molecule has 1 fully saturated rings. The van der Waals surface area contributed by atoms with Crippen LogP contribution in [0.3, 0.4) is 0 Å². The summed E-state index contributed by atoms with van der Waals surface area (Å²) in [5.74, 6) is 0.523. The van der Waals surface area contributed by atoms with Gasteiger partial charge in [0.2, 0.25) is 0 Å². The van der Waals surface area contributed by atoms with Gasteiger partial charge < -0.3 is 5.32 Å². The van der Waals surface area contributed by atoms with Gasteiger partial charge in [0.1, 0.15) is 5.82 Å². The number of rotatable bonds is 4. The van der Waals surface area contributed by atoms with Gasteiger partial charge in [-0.05, 0) is 47.3 Å². The van der Waals surface area contributed by atoms with Crippen LogP contribution in [0.25, 0.3) is 0 Å².